The zero-order chi connectivity index (χ0) is 10.7. The zero-order valence-electron chi connectivity index (χ0n) is 8.70. The van der Waals surface area contributed by atoms with Gasteiger partial charge in [-0.3, -0.25) is 0 Å². The fourth-order valence-electron chi connectivity index (χ4n) is 1.54. The van der Waals surface area contributed by atoms with Crippen molar-refractivity contribution in [2.45, 2.75) is 25.9 Å². The van der Waals surface area contributed by atoms with Crippen LogP contribution in [0.3, 0.4) is 0 Å². The largest absolute Gasteiger partial charge is 0.395 e. The van der Waals surface area contributed by atoms with Crippen molar-refractivity contribution in [3.63, 3.8) is 0 Å². The summed E-state index contributed by atoms with van der Waals surface area (Å²) in [7, 11) is 0. The molecule has 0 spiro atoms. The van der Waals surface area contributed by atoms with E-state index in [1.54, 1.807) is 0 Å². The number of rotatable bonds is 3. The third kappa shape index (κ3) is 2.32. The molecule has 0 saturated heterocycles. The molecule has 0 aliphatic rings. The Morgan fingerprint density at radius 1 is 1.29 bits per heavy atom. The topological polar surface area (TPSA) is 72.3 Å². The Bertz CT molecular complexity index is 312. The smallest absolute Gasteiger partial charge is 0.0601 e. The highest BCUT2D eigenvalue weighted by Crippen LogP contribution is 2.18. The second kappa shape index (κ2) is 4.55. The van der Waals surface area contributed by atoms with E-state index in [0.717, 1.165) is 11.1 Å². The van der Waals surface area contributed by atoms with Gasteiger partial charge in [-0.15, -0.1) is 0 Å². The Hall–Kier alpha value is -0.900. The van der Waals surface area contributed by atoms with Crippen molar-refractivity contribution in [2.24, 2.45) is 11.5 Å². The van der Waals surface area contributed by atoms with Crippen molar-refractivity contribution < 1.29 is 5.11 Å². The maximum absolute atomic E-state index is 8.91. The lowest BCUT2D eigenvalue weighted by Gasteiger charge is -2.20. The monoisotopic (exact) mass is 194 g/mol. The number of aryl methyl sites for hydroxylation is 2. The number of aliphatic hydroxyl groups is 1. The van der Waals surface area contributed by atoms with Gasteiger partial charge >= 0.3 is 0 Å². The predicted octanol–water partition coefficient (Wildman–Crippen LogP) is 0.623. The predicted molar refractivity (Wildman–Crippen MR) is 57.9 cm³/mol. The number of hydrogen-bond donors (Lipinski definition) is 3. The maximum Gasteiger partial charge on any atom is 0.0601 e. The van der Waals surface area contributed by atoms with Crippen LogP contribution in [0.15, 0.2) is 18.2 Å². The van der Waals surface area contributed by atoms with Gasteiger partial charge in [-0.05, 0) is 25.0 Å². The van der Waals surface area contributed by atoms with Crippen molar-refractivity contribution in [3.05, 3.63) is 34.9 Å². The molecule has 0 aromatic heterocycles. The van der Waals surface area contributed by atoms with Crippen molar-refractivity contribution in [1.29, 1.82) is 0 Å². The van der Waals surface area contributed by atoms with Crippen molar-refractivity contribution in [1.82, 2.24) is 0 Å². The molecule has 0 saturated carbocycles. The summed E-state index contributed by atoms with van der Waals surface area (Å²) in [6, 6.07) is 5.37. The van der Waals surface area contributed by atoms with Crippen LogP contribution in [0.4, 0.5) is 0 Å². The normalized spacial score (nSPS) is 15.2. The van der Waals surface area contributed by atoms with Crippen LogP contribution in [-0.4, -0.2) is 17.8 Å². The molecule has 3 heteroatoms. The molecule has 78 valence electrons. The second-order valence-electron chi connectivity index (χ2n) is 3.73. The van der Waals surface area contributed by atoms with E-state index in [4.69, 9.17) is 16.6 Å². The summed E-state index contributed by atoms with van der Waals surface area (Å²) in [5.41, 5.74) is 14.9. The highest BCUT2D eigenvalue weighted by Gasteiger charge is 2.15. The molecule has 5 N–H and O–H groups in total. The van der Waals surface area contributed by atoms with E-state index < -0.39 is 6.04 Å². The summed E-state index contributed by atoms with van der Waals surface area (Å²) in [6.45, 7) is 3.95. The molecule has 0 fully saturated rings. The molecule has 2 unspecified atom stereocenters. The van der Waals surface area contributed by atoms with Gasteiger partial charge in [-0.2, -0.15) is 0 Å². The van der Waals surface area contributed by atoms with Crippen LogP contribution in [0.2, 0.25) is 0 Å². The first kappa shape index (κ1) is 11.2. The van der Waals surface area contributed by atoms with Crippen LogP contribution in [0, 0.1) is 13.8 Å². The Balaban J connectivity index is 2.95. The summed E-state index contributed by atoms with van der Waals surface area (Å²) >= 11 is 0. The van der Waals surface area contributed by atoms with E-state index in [1.807, 2.05) is 26.0 Å². The lowest BCUT2D eigenvalue weighted by Crippen LogP contribution is -2.37. The standard InChI is InChI=1S/C11H18N2O/c1-7-3-4-9(8(2)5-7)11(13)10(12)6-14/h3-5,10-11,14H,6,12-13H2,1-2H3. The number of hydrogen-bond acceptors (Lipinski definition) is 3. The Kier molecular flexibility index (Phi) is 3.63. The molecule has 1 rings (SSSR count). The van der Waals surface area contributed by atoms with Crippen LogP contribution in [0.1, 0.15) is 22.7 Å². The molecule has 0 aliphatic carbocycles. The molecule has 0 aliphatic heterocycles. The van der Waals surface area contributed by atoms with Crippen molar-refractivity contribution >= 4 is 0 Å². The van der Waals surface area contributed by atoms with Gasteiger partial charge in [0.05, 0.1) is 6.61 Å². The third-order valence-electron chi connectivity index (χ3n) is 2.46. The molecule has 1 aromatic rings. The second-order valence-corrected chi connectivity index (χ2v) is 3.73. The molecule has 14 heavy (non-hydrogen) atoms. The molecule has 0 amide bonds. The van der Waals surface area contributed by atoms with E-state index in [9.17, 15) is 0 Å². The summed E-state index contributed by atoms with van der Waals surface area (Å²) in [4.78, 5) is 0. The van der Waals surface area contributed by atoms with Gasteiger partial charge in [-0.25, -0.2) is 0 Å². The van der Waals surface area contributed by atoms with E-state index >= 15 is 0 Å². The van der Waals surface area contributed by atoms with Gasteiger partial charge < -0.3 is 16.6 Å². The van der Waals surface area contributed by atoms with Crippen molar-refractivity contribution in [3.8, 4) is 0 Å². The third-order valence-corrected chi connectivity index (χ3v) is 2.46. The highest BCUT2D eigenvalue weighted by atomic mass is 16.3. The Morgan fingerprint density at radius 3 is 2.43 bits per heavy atom. The van der Waals surface area contributed by atoms with Gasteiger partial charge in [0, 0.05) is 12.1 Å². The van der Waals surface area contributed by atoms with E-state index in [2.05, 4.69) is 6.07 Å². The molecular formula is C11H18N2O. The molecule has 0 bridgehead atoms. The van der Waals surface area contributed by atoms with Crippen LogP contribution >= 0.6 is 0 Å². The van der Waals surface area contributed by atoms with E-state index in [-0.39, 0.29) is 12.6 Å². The van der Waals surface area contributed by atoms with Gasteiger partial charge in [0.2, 0.25) is 0 Å². The highest BCUT2D eigenvalue weighted by molar-refractivity contribution is 5.33. The SMILES string of the molecule is Cc1ccc(C(N)C(N)CO)c(C)c1. The first-order valence-electron chi connectivity index (χ1n) is 4.75. The van der Waals surface area contributed by atoms with Gasteiger partial charge in [0.25, 0.3) is 0 Å². The van der Waals surface area contributed by atoms with E-state index in [0.29, 0.717) is 0 Å². The summed E-state index contributed by atoms with van der Waals surface area (Å²) in [5, 5.41) is 8.91. The van der Waals surface area contributed by atoms with Crippen LogP contribution in [-0.2, 0) is 0 Å². The molecule has 1 aromatic carbocycles. The average Bonchev–Trinajstić information content (AvgIpc) is 2.15. The lowest BCUT2D eigenvalue weighted by atomic mass is 9.95. The van der Waals surface area contributed by atoms with Crippen LogP contribution in [0.5, 0.6) is 0 Å². The van der Waals surface area contributed by atoms with E-state index in [1.165, 1.54) is 5.56 Å². The fraction of sp³-hybridized carbons (Fsp3) is 0.455. The summed E-state index contributed by atoms with van der Waals surface area (Å²) in [6.07, 6.45) is 0. The van der Waals surface area contributed by atoms with Gasteiger partial charge in [0.1, 0.15) is 0 Å². The minimum atomic E-state index is -0.392. The molecule has 2 atom stereocenters. The average molecular weight is 194 g/mol. The van der Waals surface area contributed by atoms with Gasteiger partial charge in [0.15, 0.2) is 0 Å². The molecule has 0 radical (unpaired) electrons. The van der Waals surface area contributed by atoms with Crippen LogP contribution < -0.4 is 11.5 Å². The molecule has 3 nitrogen and oxygen atoms in total. The number of aliphatic hydroxyl groups excluding tert-OH is 1. The fourth-order valence-corrected chi connectivity index (χ4v) is 1.54. The van der Waals surface area contributed by atoms with Crippen molar-refractivity contribution in [2.75, 3.05) is 6.61 Å². The molecule has 0 heterocycles. The minimum Gasteiger partial charge on any atom is -0.395 e. The zero-order valence-corrected chi connectivity index (χ0v) is 8.70. The maximum atomic E-state index is 8.91. The first-order chi connectivity index (χ1) is 6.56. The first-order valence-corrected chi connectivity index (χ1v) is 4.75. The summed E-state index contributed by atoms with van der Waals surface area (Å²) < 4.78 is 0. The summed E-state index contributed by atoms with van der Waals surface area (Å²) in [5.74, 6) is 0. The Morgan fingerprint density at radius 2 is 1.93 bits per heavy atom. The molecular weight excluding hydrogens is 176 g/mol. The quantitative estimate of drug-likeness (QED) is 0.660. The van der Waals surface area contributed by atoms with Gasteiger partial charge in [-0.1, -0.05) is 23.8 Å². The Labute approximate surface area is 84.7 Å². The van der Waals surface area contributed by atoms with Crippen LogP contribution in [0.25, 0.3) is 0 Å². The number of benzene rings is 1. The number of nitrogens with two attached hydrogens (primary N) is 2. The lowest BCUT2D eigenvalue weighted by molar-refractivity contribution is 0.249. The minimum absolute atomic E-state index is 0.0888.